The van der Waals surface area contributed by atoms with E-state index in [4.69, 9.17) is 4.74 Å². The lowest BCUT2D eigenvalue weighted by Gasteiger charge is -2.21. The van der Waals surface area contributed by atoms with Crippen molar-refractivity contribution in [2.24, 2.45) is 5.92 Å². The number of aromatic nitrogens is 1. The second-order valence-corrected chi connectivity index (χ2v) is 8.82. The molecule has 31 heavy (non-hydrogen) atoms. The summed E-state index contributed by atoms with van der Waals surface area (Å²) < 4.78 is 5.13. The minimum absolute atomic E-state index is 0.0423. The average Bonchev–Trinajstić information content (AvgIpc) is 3.50. The van der Waals surface area contributed by atoms with Crippen LogP contribution in [-0.2, 0) is 16.0 Å². The smallest absolute Gasteiger partial charge is 0.254 e. The summed E-state index contributed by atoms with van der Waals surface area (Å²) in [5.41, 5.74) is 1.12. The fourth-order valence-electron chi connectivity index (χ4n) is 2.96. The fraction of sp³-hybridized carbons (Fsp3) is 0.455. The summed E-state index contributed by atoms with van der Waals surface area (Å²) in [5.74, 6) is 0.469. The van der Waals surface area contributed by atoms with Crippen molar-refractivity contribution >= 4 is 34.2 Å². The third-order valence-corrected chi connectivity index (χ3v) is 5.55. The predicted molar refractivity (Wildman–Crippen MR) is 119 cm³/mol. The molecule has 1 heterocycles. The van der Waals surface area contributed by atoms with Crippen molar-refractivity contribution in [3.05, 3.63) is 40.9 Å². The second kappa shape index (κ2) is 10.4. The zero-order chi connectivity index (χ0) is 22.4. The first-order chi connectivity index (χ1) is 14.9. The molecule has 1 saturated carbocycles. The van der Waals surface area contributed by atoms with Gasteiger partial charge in [0, 0.05) is 23.5 Å². The molecule has 0 atom stereocenters. The predicted octanol–water partition coefficient (Wildman–Crippen LogP) is 2.71. The summed E-state index contributed by atoms with van der Waals surface area (Å²) in [6, 6.07) is 6.94. The standard InChI is InChI=1S/C22H28N4O4S/c1-14(2)11-23-19(27)10-16-13-31-22(24-16)25-20(28)12-26(17-6-7-17)21(29)15-4-8-18(30-3)9-5-15/h4-5,8-9,13-14,17H,6-7,10-12H2,1-3H3,(H,23,27)(H,24,25,28). The quantitative estimate of drug-likeness (QED) is 0.587. The summed E-state index contributed by atoms with van der Waals surface area (Å²) in [6.07, 6.45) is 1.95. The van der Waals surface area contributed by atoms with E-state index in [2.05, 4.69) is 15.6 Å². The van der Waals surface area contributed by atoms with Crippen LogP contribution in [-0.4, -0.2) is 53.8 Å². The van der Waals surface area contributed by atoms with Gasteiger partial charge in [0.2, 0.25) is 11.8 Å². The number of carbonyl (C=O) groups is 3. The Labute approximate surface area is 186 Å². The van der Waals surface area contributed by atoms with Gasteiger partial charge in [-0.3, -0.25) is 14.4 Å². The van der Waals surface area contributed by atoms with Crippen molar-refractivity contribution in [3.63, 3.8) is 0 Å². The number of nitrogens with one attached hydrogen (secondary N) is 2. The van der Waals surface area contributed by atoms with E-state index in [-0.39, 0.29) is 36.7 Å². The molecule has 0 radical (unpaired) electrons. The first kappa shape index (κ1) is 22.7. The molecule has 3 amide bonds. The van der Waals surface area contributed by atoms with Gasteiger partial charge < -0.3 is 20.3 Å². The number of thiazole rings is 1. The molecular weight excluding hydrogens is 416 g/mol. The van der Waals surface area contributed by atoms with Crippen molar-refractivity contribution in [3.8, 4) is 5.75 Å². The van der Waals surface area contributed by atoms with Gasteiger partial charge in [-0.05, 0) is 43.0 Å². The van der Waals surface area contributed by atoms with Crippen molar-refractivity contribution in [1.29, 1.82) is 0 Å². The van der Waals surface area contributed by atoms with Gasteiger partial charge in [0.05, 0.1) is 19.2 Å². The molecule has 2 N–H and O–H groups in total. The number of hydrogen-bond acceptors (Lipinski definition) is 6. The van der Waals surface area contributed by atoms with Gasteiger partial charge in [0.15, 0.2) is 5.13 Å². The van der Waals surface area contributed by atoms with Crippen molar-refractivity contribution < 1.29 is 19.1 Å². The van der Waals surface area contributed by atoms with Gasteiger partial charge >= 0.3 is 0 Å². The van der Waals surface area contributed by atoms with Gasteiger partial charge in [-0.15, -0.1) is 11.3 Å². The highest BCUT2D eigenvalue weighted by atomic mass is 32.1. The van der Waals surface area contributed by atoms with Crippen LogP contribution in [0, 0.1) is 5.92 Å². The molecule has 1 fully saturated rings. The van der Waals surface area contributed by atoms with Crippen LogP contribution in [0.15, 0.2) is 29.6 Å². The van der Waals surface area contributed by atoms with E-state index in [1.807, 2.05) is 13.8 Å². The molecular formula is C22H28N4O4S. The Morgan fingerprint density at radius 1 is 1.19 bits per heavy atom. The average molecular weight is 445 g/mol. The van der Waals surface area contributed by atoms with Gasteiger partial charge in [0.1, 0.15) is 12.3 Å². The summed E-state index contributed by atoms with van der Waals surface area (Å²) in [6.45, 7) is 4.63. The Balaban J connectivity index is 1.55. The van der Waals surface area contributed by atoms with Crippen LogP contribution in [0.5, 0.6) is 5.75 Å². The molecule has 2 aromatic rings. The van der Waals surface area contributed by atoms with E-state index >= 15 is 0 Å². The topological polar surface area (TPSA) is 101 Å². The van der Waals surface area contributed by atoms with Crippen LogP contribution in [0.1, 0.15) is 42.7 Å². The monoisotopic (exact) mass is 444 g/mol. The SMILES string of the molecule is COc1ccc(C(=O)N(CC(=O)Nc2nc(CC(=O)NCC(C)C)cs2)C2CC2)cc1. The lowest BCUT2D eigenvalue weighted by atomic mass is 10.2. The van der Waals surface area contributed by atoms with Crippen molar-refractivity contribution in [2.75, 3.05) is 25.5 Å². The number of methoxy groups -OCH3 is 1. The van der Waals surface area contributed by atoms with Gasteiger partial charge in [-0.25, -0.2) is 4.98 Å². The fourth-order valence-corrected chi connectivity index (χ4v) is 3.68. The summed E-state index contributed by atoms with van der Waals surface area (Å²) in [5, 5.41) is 7.77. The van der Waals surface area contributed by atoms with Crippen LogP contribution in [0.2, 0.25) is 0 Å². The second-order valence-electron chi connectivity index (χ2n) is 7.96. The van der Waals surface area contributed by atoms with E-state index in [1.54, 1.807) is 41.7 Å². The molecule has 1 aliphatic carbocycles. The summed E-state index contributed by atoms with van der Waals surface area (Å²) in [7, 11) is 1.57. The summed E-state index contributed by atoms with van der Waals surface area (Å²) >= 11 is 1.26. The number of nitrogens with zero attached hydrogens (tertiary/aromatic N) is 2. The van der Waals surface area contributed by atoms with Gasteiger partial charge in [-0.1, -0.05) is 13.8 Å². The number of amides is 3. The number of ether oxygens (including phenoxy) is 1. The maximum atomic E-state index is 12.9. The molecule has 1 aromatic carbocycles. The Hall–Kier alpha value is -2.94. The van der Waals surface area contributed by atoms with Crippen LogP contribution >= 0.6 is 11.3 Å². The lowest BCUT2D eigenvalue weighted by Crippen LogP contribution is -2.39. The minimum atomic E-state index is -0.307. The largest absolute Gasteiger partial charge is 0.497 e. The Kier molecular flexibility index (Phi) is 7.62. The minimum Gasteiger partial charge on any atom is -0.497 e. The lowest BCUT2D eigenvalue weighted by molar-refractivity contribution is -0.120. The Bertz CT molecular complexity index is 922. The molecule has 0 saturated heterocycles. The zero-order valence-electron chi connectivity index (χ0n) is 18.0. The van der Waals surface area contributed by atoms with Crippen LogP contribution < -0.4 is 15.4 Å². The third kappa shape index (κ3) is 6.78. The van der Waals surface area contributed by atoms with E-state index in [0.717, 1.165) is 12.8 Å². The van der Waals surface area contributed by atoms with Crippen LogP contribution in [0.3, 0.4) is 0 Å². The molecule has 8 nitrogen and oxygen atoms in total. The molecule has 0 unspecified atom stereocenters. The molecule has 0 spiro atoms. The third-order valence-electron chi connectivity index (χ3n) is 4.75. The molecule has 0 bridgehead atoms. The maximum Gasteiger partial charge on any atom is 0.254 e. The van der Waals surface area contributed by atoms with E-state index < -0.39 is 0 Å². The maximum absolute atomic E-state index is 12.9. The number of benzene rings is 1. The normalized spacial score (nSPS) is 13.0. The Morgan fingerprint density at radius 2 is 1.90 bits per heavy atom. The zero-order valence-corrected chi connectivity index (χ0v) is 18.8. The molecule has 1 aromatic heterocycles. The van der Waals surface area contributed by atoms with E-state index in [9.17, 15) is 14.4 Å². The molecule has 0 aliphatic heterocycles. The van der Waals surface area contributed by atoms with E-state index in [0.29, 0.717) is 34.6 Å². The summed E-state index contributed by atoms with van der Waals surface area (Å²) in [4.78, 5) is 43.3. The highest BCUT2D eigenvalue weighted by Gasteiger charge is 2.34. The first-order valence-electron chi connectivity index (χ1n) is 10.3. The molecule has 166 valence electrons. The van der Waals surface area contributed by atoms with Crippen molar-refractivity contribution in [1.82, 2.24) is 15.2 Å². The van der Waals surface area contributed by atoms with Crippen LogP contribution in [0.4, 0.5) is 5.13 Å². The van der Waals surface area contributed by atoms with Gasteiger partial charge in [0.25, 0.3) is 5.91 Å². The Morgan fingerprint density at radius 3 is 2.52 bits per heavy atom. The number of anilines is 1. The van der Waals surface area contributed by atoms with Crippen molar-refractivity contribution in [2.45, 2.75) is 39.2 Å². The number of carbonyl (C=O) groups excluding carboxylic acids is 3. The molecule has 9 heteroatoms. The molecule has 1 aliphatic rings. The molecule has 3 rings (SSSR count). The highest BCUT2D eigenvalue weighted by Crippen LogP contribution is 2.28. The van der Waals surface area contributed by atoms with Gasteiger partial charge in [-0.2, -0.15) is 0 Å². The van der Waals surface area contributed by atoms with Crippen LogP contribution in [0.25, 0.3) is 0 Å². The highest BCUT2D eigenvalue weighted by molar-refractivity contribution is 7.13. The number of hydrogen-bond donors (Lipinski definition) is 2. The number of rotatable bonds is 10. The first-order valence-corrected chi connectivity index (χ1v) is 11.2. The van der Waals surface area contributed by atoms with E-state index in [1.165, 1.54) is 11.3 Å².